The van der Waals surface area contributed by atoms with Gasteiger partial charge >= 0.3 is 0 Å². The summed E-state index contributed by atoms with van der Waals surface area (Å²) in [5, 5.41) is 16.6. The lowest BCUT2D eigenvalue weighted by Gasteiger charge is -2.06. The molecule has 0 atom stereocenters. The molecule has 19 heavy (non-hydrogen) atoms. The van der Waals surface area contributed by atoms with Gasteiger partial charge in [-0.1, -0.05) is 0 Å². The summed E-state index contributed by atoms with van der Waals surface area (Å²) in [4.78, 5) is 25.8. The minimum absolute atomic E-state index is 0.00314. The maximum absolute atomic E-state index is 11.4. The van der Waals surface area contributed by atoms with Crippen LogP contribution in [0.5, 0.6) is 0 Å². The van der Waals surface area contributed by atoms with Crippen molar-refractivity contribution in [3.05, 3.63) is 27.9 Å². The molecule has 1 aromatic heterocycles. The highest BCUT2D eigenvalue weighted by Crippen LogP contribution is 2.20. The lowest BCUT2D eigenvalue weighted by Crippen LogP contribution is -2.27. The number of hydrogen-bond acceptors (Lipinski definition) is 5. The van der Waals surface area contributed by atoms with E-state index in [1.54, 1.807) is 6.92 Å². The highest BCUT2D eigenvalue weighted by Gasteiger charge is 2.22. The first-order valence-corrected chi connectivity index (χ1v) is 6.20. The number of carbonyl (C=O) groups is 1. The van der Waals surface area contributed by atoms with Crippen molar-refractivity contribution in [3.8, 4) is 0 Å². The van der Waals surface area contributed by atoms with Gasteiger partial charge in [-0.05, 0) is 19.8 Å². The lowest BCUT2D eigenvalue weighted by molar-refractivity contribution is -0.385. The monoisotopic (exact) mass is 264 g/mol. The molecule has 0 aromatic carbocycles. The van der Waals surface area contributed by atoms with Crippen LogP contribution in [0.4, 0.5) is 11.5 Å². The molecule has 1 aliphatic rings. The number of nitrogens with zero attached hydrogens (tertiary/aromatic N) is 2. The average Bonchev–Trinajstić information content (AvgIpc) is 3.14. The van der Waals surface area contributed by atoms with E-state index in [2.05, 4.69) is 15.6 Å². The van der Waals surface area contributed by atoms with E-state index in [9.17, 15) is 14.9 Å². The van der Waals surface area contributed by atoms with Crippen molar-refractivity contribution in [3.63, 3.8) is 0 Å². The minimum Gasteiger partial charge on any atom is -0.369 e. The van der Waals surface area contributed by atoms with Gasteiger partial charge in [-0.25, -0.2) is 4.98 Å². The Hall–Kier alpha value is -2.18. The number of hydrogen-bond donors (Lipinski definition) is 2. The van der Waals surface area contributed by atoms with Gasteiger partial charge in [0.2, 0.25) is 5.91 Å². The van der Waals surface area contributed by atoms with E-state index in [0.29, 0.717) is 30.4 Å². The summed E-state index contributed by atoms with van der Waals surface area (Å²) >= 11 is 0. The third-order valence-electron chi connectivity index (χ3n) is 2.87. The van der Waals surface area contributed by atoms with Gasteiger partial charge in [-0.3, -0.25) is 14.9 Å². The molecule has 0 radical (unpaired) electrons. The summed E-state index contributed by atoms with van der Waals surface area (Å²) in [6.07, 6.45) is 3.90. The van der Waals surface area contributed by atoms with Crippen molar-refractivity contribution in [2.45, 2.75) is 32.2 Å². The molecule has 1 saturated carbocycles. The number of nitro groups is 1. The standard InChI is InChI=1S/C12H16N4O3/c1-8-7-14-11(6-10(8)16(18)19)13-5-4-12(17)15-9-2-3-9/h6-7,9H,2-5H2,1H3,(H,13,14)(H,15,17). The molecule has 1 fully saturated rings. The van der Waals surface area contributed by atoms with Gasteiger partial charge in [0.05, 0.1) is 11.0 Å². The smallest absolute Gasteiger partial charge is 0.277 e. The van der Waals surface area contributed by atoms with Crippen molar-refractivity contribution in [1.82, 2.24) is 10.3 Å². The SMILES string of the molecule is Cc1cnc(NCCC(=O)NC2CC2)cc1[N+](=O)[O-]. The van der Waals surface area contributed by atoms with Crippen LogP contribution in [0.1, 0.15) is 24.8 Å². The Kier molecular flexibility index (Phi) is 3.94. The van der Waals surface area contributed by atoms with Crippen LogP contribution < -0.4 is 10.6 Å². The van der Waals surface area contributed by atoms with Crippen LogP contribution in [-0.4, -0.2) is 28.4 Å². The molecule has 1 heterocycles. The van der Waals surface area contributed by atoms with Crippen LogP contribution in [0.3, 0.4) is 0 Å². The van der Waals surface area contributed by atoms with Crippen LogP contribution in [-0.2, 0) is 4.79 Å². The zero-order chi connectivity index (χ0) is 13.8. The van der Waals surface area contributed by atoms with E-state index in [1.807, 2.05) is 0 Å². The Morgan fingerprint density at radius 1 is 1.58 bits per heavy atom. The van der Waals surface area contributed by atoms with Gasteiger partial charge < -0.3 is 10.6 Å². The summed E-state index contributed by atoms with van der Waals surface area (Å²) in [5.74, 6) is 0.410. The number of rotatable bonds is 6. The summed E-state index contributed by atoms with van der Waals surface area (Å²) in [5.41, 5.74) is 0.543. The molecule has 0 saturated heterocycles. The summed E-state index contributed by atoms with van der Waals surface area (Å²) in [6.45, 7) is 2.05. The third kappa shape index (κ3) is 3.90. The molecule has 0 bridgehead atoms. The molecule has 1 amide bonds. The minimum atomic E-state index is -0.442. The fourth-order valence-corrected chi connectivity index (χ4v) is 1.64. The van der Waals surface area contributed by atoms with Crippen molar-refractivity contribution in [1.29, 1.82) is 0 Å². The Bertz CT molecular complexity index is 500. The topological polar surface area (TPSA) is 97.2 Å². The Balaban J connectivity index is 1.83. The fraction of sp³-hybridized carbons (Fsp3) is 0.500. The molecule has 7 nitrogen and oxygen atoms in total. The van der Waals surface area contributed by atoms with Crippen molar-refractivity contribution in [2.75, 3.05) is 11.9 Å². The second kappa shape index (κ2) is 5.64. The van der Waals surface area contributed by atoms with Gasteiger partial charge in [-0.2, -0.15) is 0 Å². The number of aromatic nitrogens is 1. The maximum atomic E-state index is 11.4. The lowest BCUT2D eigenvalue weighted by atomic mass is 10.2. The Labute approximate surface area is 110 Å². The quantitative estimate of drug-likeness (QED) is 0.597. The van der Waals surface area contributed by atoms with E-state index in [4.69, 9.17) is 0 Å². The van der Waals surface area contributed by atoms with Crippen molar-refractivity contribution < 1.29 is 9.72 Å². The zero-order valence-electron chi connectivity index (χ0n) is 10.7. The van der Waals surface area contributed by atoms with Gasteiger partial charge in [-0.15, -0.1) is 0 Å². The van der Waals surface area contributed by atoms with Gasteiger partial charge in [0, 0.05) is 30.8 Å². The largest absolute Gasteiger partial charge is 0.369 e. The number of aryl methyl sites for hydroxylation is 1. The highest BCUT2D eigenvalue weighted by molar-refractivity contribution is 5.77. The van der Waals surface area contributed by atoms with Crippen LogP contribution in [0.2, 0.25) is 0 Å². The Morgan fingerprint density at radius 3 is 2.95 bits per heavy atom. The predicted molar refractivity (Wildman–Crippen MR) is 69.9 cm³/mol. The first-order chi connectivity index (χ1) is 9.06. The summed E-state index contributed by atoms with van der Waals surface area (Å²) in [6, 6.07) is 1.74. The molecule has 0 aliphatic heterocycles. The second-order valence-corrected chi connectivity index (χ2v) is 4.63. The average molecular weight is 264 g/mol. The Morgan fingerprint density at radius 2 is 2.32 bits per heavy atom. The van der Waals surface area contributed by atoms with Crippen molar-refractivity contribution >= 4 is 17.4 Å². The molecule has 7 heteroatoms. The van der Waals surface area contributed by atoms with E-state index in [1.165, 1.54) is 12.3 Å². The zero-order valence-corrected chi connectivity index (χ0v) is 10.7. The van der Waals surface area contributed by atoms with Gasteiger partial charge in [0.15, 0.2) is 0 Å². The van der Waals surface area contributed by atoms with Crippen LogP contribution in [0.25, 0.3) is 0 Å². The van der Waals surface area contributed by atoms with Crippen LogP contribution >= 0.6 is 0 Å². The van der Waals surface area contributed by atoms with Gasteiger partial charge in [0.1, 0.15) is 5.82 Å². The van der Waals surface area contributed by atoms with E-state index >= 15 is 0 Å². The molecular weight excluding hydrogens is 248 g/mol. The van der Waals surface area contributed by atoms with Crippen LogP contribution in [0.15, 0.2) is 12.3 Å². The van der Waals surface area contributed by atoms with E-state index in [0.717, 1.165) is 12.8 Å². The molecule has 1 aliphatic carbocycles. The molecule has 1 aromatic rings. The normalized spacial score (nSPS) is 13.9. The first-order valence-electron chi connectivity index (χ1n) is 6.20. The van der Waals surface area contributed by atoms with Crippen LogP contribution in [0, 0.1) is 17.0 Å². The molecule has 0 spiro atoms. The van der Waals surface area contributed by atoms with E-state index < -0.39 is 4.92 Å². The van der Waals surface area contributed by atoms with Crippen molar-refractivity contribution in [2.24, 2.45) is 0 Å². The molecular formula is C12H16N4O3. The molecule has 0 unspecified atom stereocenters. The molecule has 2 N–H and O–H groups in total. The number of carbonyl (C=O) groups excluding carboxylic acids is 1. The molecule has 102 valence electrons. The second-order valence-electron chi connectivity index (χ2n) is 4.63. The van der Waals surface area contributed by atoms with E-state index in [-0.39, 0.29) is 11.6 Å². The number of amides is 1. The highest BCUT2D eigenvalue weighted by atomic mass is 16.6. The number of pyridine rings is 1. The number of anilines is 1. The first kappa shape index (κ1) is 13.3. The summed E-state index contributed by atoms with van der Waals surface area (Å²) in [7, 11) is 0. The van der Waals surface area contributed by atoms with Gasteiger partial charge in [0.25, 0.3) is 5.69 Å². The summed E-state index contributed by atoms with van der Waals surface area (Å²) < 4.78 is 0. The molecule has 2 rings (SSSR count). The number of nitrogens with one attached hydrogen (secondary N) is 2. The fourth-order valence-electron chi connectivity index (χ4n) is 1.64. The third-order valence-corrected chi connectivity index (χ3v) is 2.87. The predicted octanol–water partition coefficient (Wildman–Crippen LogP) is 1.38. The maximum Gasteiger partial charge on any atom is 0.277 e.